The Morgan fingerprint density at radius 2 is 1.75 bits per heavy atom. The minimum Gasteiger partial charge on any atom is -0.337 e. The Balaban J connectivity index is 2.05. The minimum atomic E-state index is -0.0487. The zero-order valence-corrected chi connectivity index (χ0v) is 14.8. The van der Waals surface area contributed by atoms with E-state index < -0.39 is 0 Å². The zero-order valence-electron chi connectivity index (χ0n) is 14.8. The molecule has 1 aromatic heterocycles. The Morgan fingerprint density at radius 1 is 1.04 bits per heavy atom. The van der Waals surface area contributed by atoms with Crippen LogP contribution in [0.5, 0.6) is 0 Å². The average molecular weight is 320 g/mol. The molecule has 0 atom stereocenters. The first-order chi connectivity index (χ1) is 11.5. The van der Waals surface area contributed by atoms with Gasteiger partial charge in [-0.25, -0.2) is 0 Å². The summed E-state index contributed by atoms with van der Waals surface area (Å²) in [5, 5.41) is 4.20. The monoisotopic (exact) mass is 320 g/mol. The van der Waals surface area contributed by atoms with Crippen LogP contribution in [0.15, 0.2) is 42.5 Å². The summed E-state index contributed by atoms with van der Waals surface area (Å²) < 4.78 is 2.10. The number of aromatic nitrogens is 1. The normalized spacial score (nSPS) is 11.0. The van der Waals surface area contributed by atoms with Gasteiger partial charge in [-0.15, -0.1) is 0 Å². The Morgan fingerprint density at radius 3 is 2.38 bits per heavy atom. The van der Waals surface area contributed by atoms with Gasteiger partial charge in [0.15, 0.2) is 0 Å². The summed E-state index contributed by atoms with van der Waals surface area (Å²) in [6.07, 6.45) is 0.998. The van der Waals surface area contributed by atoms with Crippen molar-refractivity contribution < 1.29 is 4.79 Å². The summed E-state index contributed by atoms with van der Waals surface area (Å²) in [5.41, 5.74) is 6.23. The molecular weight excluding hydrogens is 296 g/mol. The Labute approximate surface area is 143 Å². The fraction of sp³-hybridized carbons (Fsp3) is 0.286. The van der Waals surface area contributed by atoms with Crippen LogP contribution < -0.4 is 5.32 Å². The van der Waals surface area contributed by atoms with Gasteiger partial charge in [0.25, 0.3) is 5.91 Å². The smallest absolute Gasteiger partial charge is 0.272 e. The molecule has 0 aliphatic heterocycles. The predicted octanol–water partition coefficient (Wildman–Crippen LogP) is 5.09. The molecule has 1 amide bonds. The molecule has 3 nitrogen and oxygen atoms in total. The molecule has 0 saturated heterocycles. The van der Waals surface area contributed by atoms with Crippen LogP contribution >= 0.6 is 0 Å². The number of nitrogens with zero attached hydrogens (tertiary/aromatic N) is 1. The third-order valence-corrected chi connectivity index (χ3v) is 4.63. The molecule has 0 aliphatic carbocycles. The Kier molecular flexibility index (Phi) is 4.43. The molecule has 3 rings (SSSR count). The second-order valence-electron chi connectivity index (χ2n) is 6.24. The maximum absolute atomic E-state index is 12.9. The third-order valence-electron chi connectivity index (χ3n) is 4.63. The second kappa shape index (κ2) is 6.52. The van der Waals surface area contributed by atoms with Gasteiger partial charge in [0.1, 0.15) is 5.69 Å². The predicted molar refractivity (Wildman–Crippen MR) is 101 cm³/mol. The SMILES string of the molecule is CCc1ccc2c(c1)c(C)c(C(=O)Nc1ccc(C)cc1)n2CC. The van der Waals surface area contributed by atoms with Gasteiger partial charge < -0.3 is 9.88 Å². The molecule has 0 radical (unpaired) electrons. The molecule has 2 aromatic carbocycles. The van der Waals surface area contributed by atoms with E-state index in [1.54, 1.807) is 0 Å². The number of carbonyl (C=O) groups is 1. The van der Waals surface area contributed by atoms with Crippen LogP contribution in [0.1, 0.15) is 41.0 Å². The number of nitrogens with one attached hydrogen (secondary N) is 1. The first-order valence-electron chi connectivity index (χ1n) is 8.54. The van der Waals surface area contributed by atoms with Crippen molar-refractivity contribution in [1.29, 1.82) is 0 Å². The molecule has 3 aromatic rings. The van der Waals surface area contributed by atoms with Gasteiger partial charge in [-0.05, 0) is 62.6 Å². The molecule has 0 fully saturated rings. The van der Waals surface area contributed by atoms with E-state index in [1.165, 1.54) is 16.5 Å². The fourth-order valence-corrected chi connectivity index (χ4v) is 3.24. The van der Waals surface area contributed by atoms with Gasteiger partial charge in [0, 0.05) is 23.1 Å². The van der Waals surface area contributed by atoms with Crippen LogP contribution in [0, 0.1) is 13.8 Å². The second-order valence-corrected chi connectivity index (χ2v) is 6.24. The molecule has 0 unspecified atom stereocenters. The van der Waals surface area contributed by atoms with Gasteiger partial charge in [0.2, 0.25) is 0 Å². The largest absolute Gasteiger partial charge is 0.337 e. The molecule has 0 saturated carbocycles. The molecule has 24 heavy (non-hydrogen) atoms. The number of hydrogen-bond acceptors (Lipinski definition) is 1. The average Bonchev–Trinajstić information content (AvgIpc) is 2.88. The van der Waals surface area contributed by atoms with E-state index in [4.69, 9.17) is 0 Å². The van der Waals surface area contributed by atoms with Crippen molar-refractivity contribution in [3.63, 3.8) is 0 Å². The molecule has 0 bridgehead atoms. The number of fused-ring (bicyclic) bond motifs is 1. The lowest BCUT2D eigenvalue weighted by Crippen LogP contribution is -2.17. The Bertz CT molecular complexity index is 888. The maximum Gasteiger partial charge on any atom is 0.272 e. The van der Waals surface area contributed by atoms with Gasteiger partial charge in [0.05, 0.1) is 0 Å². The topological polar surface area (TPSA) is 34.0 Å². The van der Waals surface area contributed by atoms with Crippen molar-refractivity contribution in [3.05, 3.63) is 64.8 Å². The first kappa shape index (κ1) is 16.3. The summed E-state index contributed by atoms with van der Waals surface area (Å²) in [7, 11) is 0. The van der Waals surface area contributed by atoms with E-state index >= 15 is 0 Å². The summed E-state index contributed by atoms with van der Waals surface area (Å²) >= 11 is 0. The fourth-order valence-electron chi connectivity index (χ4n) is 3.24. The van der Waals surface area contributed by atoms with Gasteiger partial charge in [-0.1, -0.05) is 30.7 Å². The van der Waals surface area contributed by atoms with Crippen LogP contribution in [-0.2, 0) is 13.0 Å². The van der Waals surface area contributed by atoms with Crippen LogP contribution in [-0.4, -0.2) is 10.5 Å². The van der Waals surface area contributed by atoms with E-state index in [-0.39, 0.29) is 5.91 Å². The highest BCUT2D eigenvalue weighted by Crippen LogP contribution is 2.28. The van der Waals surface area contributed by atoms with Crippen molar-refractivity contribution in [2.45, 2.75) is 40.7 Å². The lowest BCUT2D eigenvalue weighted by molar-refractivity contribution is 0.101. The van der Waals surface area contributed by atoms with Crippen molar-refractivity contribution in [1.82, 2.24) is 4.57 Å². The van der Waals surface area contributed by atoms with Crippen molar-refractivity contribution in [2.75, 3.05) is 5.32 Å². The van der Waals surface area contributed by atoms with Crippen molar-refractivity contribution in [2.24, 2.45) is 0 Å². The lowest BCUT2D eigenvalue weighted by Gasteiger charge is -2.10. The summed E-state index contributed by atoms with van der Waals surface area (Å²) in [6, 6.07) is 14.4. The highest BCUT2D eigenvalue weighted by Gasteiger charge is 2.19. The molecule has 3 heteroatoms. The lowest BCUT2D eigenvalue weighted by atomic mass is 10.1. The summed E-state index contributed by atoms with van der Waals surface area (Å²) in [5.74, 6) is -0.0487. The number of aryl methyl sites for hydroxylation is 4. The molecular formula is C21H24N2O. The van der Waals surface area contributed by atoms with Crippen LogP contribution in [0.3, 0.4) is 0 Å². The zero-order chi connectivity index (χ0) is 17.3. The third kappa shape index (κ3) is 2.82. The highest BCUT2D eigenvalue weighted by molar-refractivity contribution is 6.08. The number of hydrogen-bond donors (Lipinski definition) is 1. The summed E-state index contributed by atoms with van der Waals surface area (Å²) in [6.45, 7) is 9.08. The minimum absolute atomic E-state index is 0.0487. The first-order valence-corrected chi connectivity index (χ1v) is 8.54. The van der Waals surface area contributed by atoms with Crippen LogP contribution in [0.25, 0.3) is 10.9 Å². The number of anilines is 1. The van der Waals surface area contributed by atoms with Crippen LogP contribution in [0.2, 0.25) is 0 Å². The van der Waals surface area contributed by atoms with Crippen LogP contribution in [0.4, 0.5) is 5.69 Å². The van der Waals surface area contributed by atoms with Gasteiger partial charge >= 0.3 is 0 Å². The van der Waals surface area contributed by atoms with Crippen molar-refractivity contribution in [3.8, 4) is 0 Å². The van der Waals surface area contributed by atoms with E-state index in [1.807, 2.05) is 38.1 Å². The molecule has 0 spiro atoms. The molecule has 1 N–H and O–H groups in total. The van der Waals surface area contributed by atoms with E-state index in [2.05, 4.69) is 41.9 Å². The van der Waals surface area contributed by atoms with E-state index in [0.29, 0.717) is 0 Å². The van der Waals surface area contributed by atoms with E-state index in [9.17, 15) is 4.79 Å². The number of amides is 1. The highest BCUT2D eigenvalue weighted by atomic mass is 16.2. The van der Waals surface area contributed by atoms with Gasteiger partial charge in [-0.3, -0.25) is 4.79 Å². The standard InChI is InChI=1S/C21H24N2O/c1-5-16-9-12-19-18(13-16)15(4)20(23(19)6-2)21(24)22-17-10-7-14(3)8-11-17/h7-13H,5-6H2,1-4H3,(H,22,24). The molecule has 0 aliphatic rings. The van der Waals surface area contributed by atoms with E-state index in [0.717, 1.165) is 35.4 Å². The van der Waals surface area contributed by atoms with Crippen molar-refractivity contribution >= 4 is 22.5 Å². The quantitative estimate of drug-likeness (QED) is 0.713. The van der Waals surface area contributed by atoms with Gasteiger partial charge in [-0.2, -0.15) is 0 Å². The molecule has 1 heterocycles. The summed E-state index contributed by atoms with van der Waals surface area (Å²) in [4.78, 5) is 12.9. The molecule has 124 valence electrons. The number of benzene rings is 2. The Hall–Kier alpha value is -2.55. The number of rotatable bonds is 4. The maximum atomic E-state index is 12.9. The number of carbonyl (C=O) groups excluding carboxylic acids is 1.